The van der Waals surface area contributed by atoms with Crippen LogP contribution in [0.15, 0.2) is 24.4 Å². The number of unbranched alkanes of at least 4 members (excludes halogenated alkanes) is 5. The molecule has 0 aliphatic heterocycles. The molecule has 1 heterocycles. The Bertz CT molecular complexity index is 255. The fourth-order valence-electron chi connectivity index (χ4n) is 2.05. The Hall–Kier alpha value is -0.850. The molecule has 0 aliphatic carbocycles. The van der Waals surface area contributed by atoms with E-state index >= 15 is 0 Å². The van der Waals surface area contributed by atoms with E-state index in [-0.39, 0.29) is 0 Å². The molecule has 1 aromatic heterocycles. The van der Waals surface area contributed by atoms with Gasteiger partial charge in [-0.15, -0.1) is 0 Å². The normalized spacial score (nSPS) is 12.6. The summed E-state index contributed by atoms with van der Waals surface area (Å²) >= 11 is 0. The summed E-state index contributed by atoms with van der Waals surface area (Å²) in [5.41, 5.74) is 1.25. The molecule has 0 fully saturated rings. The van der Waals surface area contributed by atoms with Crippen LogP contribution in [0.2, 0.25) is 0 Å². The van der Waals surface area contributed by atoms with Crippen molar-refractivity contribution in [1.29, 1.82) is 0 Å². The molecule has 1 heteroatoms. The Labute approximate surface area is 100 Å². The summed E-state index contributed by atoms with van der Waals surface area (Å²) in [6, 6.07) is 6.21. The number of hydrogen-bond acceptors (Lipinski definition) is 1. The van der Waals surface area contributed by atoms with E-state index in [9.17, 15) is 0 Å². The first-order valence-electron chi connectivity index (χ1n) is 6.75. The van der Waals surface area contributed by atoms with Crippen LogP contribution in [0.25, 0.3) is 0 Å². The summed E-state index contributed by atoms with van der Waals surface area (Å²) in [7, 11) is 0. The van der Waals surface area contributed by atoms with Gasteiger partial charge in [-0.3, -0.25) is 4.98 Å². The molecule has 0 amide bonds. The molecule has 0 aromatic carbocycles. The summed E-state index contributed by atoms with van der Waals surface area (Å²) in [5, 5.41) is 0. The zero-order valence-corrected chi connectivity index (χ0v) is 10.8. The molecule has 1 rings (SSSR count). The number of pyridine rings is 1. The summed E-state index contributed by atoms with van der Waals surface area (Å²) in [5.74, 6) is 0.618. The van der Waals surface area contributed by atoms with Crippen LogP contribution in [-0.2, 0) is 0 Å². The molecule has 0 aliphatic rings. The molecular weight excluding hydrogens is 194 g/mol. The molecule has 16 heavy (non-hydrogen) atoms. The molecule has 1 aromatic rings. The smallest absolute Gasteiger partial charge is 0.0431 e. The summed E-state index contributed by atoms with van der Waals surface area (Å²) in [4.78, 5) is 4.41. The highest BCUT2D eigenvalue weighted by Crippen LogP contribution is 2.20. The van der Waals surface area contributed by atoms with Gasteiger partial charge >= 0.3 is 0 Å². The second kappa shape index (κ2) is 8.32. The average Bonchev–Trinajstić information content (AvgIpc) is 2.34. The quantitative estimate of drug-likeness (QED) is 0.565. The van der Waals surface area contributed by atoms with E-state index in [2.05, 4.69) is 31.0 Å². The maximum atomic E-state index is 4.41. The van der Waals surface area contributed by atoms with Crippen LogP contribution in [0.3, 0.4) is 0 Å². The van der Waals surface area contributed by atoms with E-state index in [0.29, 0.717) is 5.92 Å². The molecular formula is C15H25N. The zero-order chi connectivity index (χ0) is 11.6. The van der Waals surface area contributed by atoms with Crippen LogP contribution in [0.4, 0.5) is 0 Å². The molecule has 0 radical (unpaired) electrons. The van der Waals surface area contributed by atoms with E-state index in [4.69, 9.17) is 0 Å². The third-order valence-electron chi connectivity index (χ3n) is 3.18. The number of rotatable bonds is 8. The molecule has 0 bridgehead atoms. The van der Waals surface area contributed by atoms with Gasteiger partial charge in [0.25, 0.3) is 0 Å². The van der Waals surface area contributed by atoms with Crippen LogP contribution in [0.5, 0.6) is 0 Å². The van der Waals surface area contributed by atoms with Crippen molar-refractivity contribution in [3.8, 4) is 0 Å². The zero-order valence-electron chi connectivity index (χ0n) is 10.8. The summed E-state index contributed by atoms with van der Waals surface area (Å²) in [6.07, 6.45) is 11.5. The van der Waals surface area contributed by atoms with Crippen LogP contribution in [0, 0.1) is 0 Å². The van der Waals surface area contributed by atoms with Crippen molar-refractivity contribution in [3.63, 3.8) is 0 Å². The van der Waals surface area contributed by atoms with E-state index in [1.807, 2.05) is 12.3 Å². The van der Waals surface area contributed by atoms with Gasteiger partial charge in [0, 0.05) is 11.9 Å². The fraction of sp³-hybridized carbons (Fsp3) is 0.667. The lowest BCUT2D eigenvalue weighted by atomic mass is 9.98. The highest BCUT2D eigenvalue weighted by Gasteiger charge is 2.05. The van der Waals surface area contributed by atoms with Crippen LogP contribution < -0.4 is 0 Å². The highest BCUT2D eigenvalue weighted by atomic mass is 14.7. The van der Waals surface area contributed by atoms with Crippen LogP contribution >= 0.6 is 0 Å². The minimum atomic E-state index is 0.618. The van der Waals surface area contributed by atoms with Gasteiger partial charge in [-0.2, -0.15) is 0 Å². The van der Waals surface area contributed by atoms with Gasteiger partial charge in [0.15, 0.2) is 0 Å². The molecule has 0 spiro atoms. The number of nitrogens with zero attached hydrogens (tertiary/aromatic N) is 1. The lowest BCUT2D eigenvalue weighted by molar-refractivity contribution is 0.551. The number of hydrogen-bond donors (Lipinski definition) is 0. The van der Waals surface area contributed by atoms with Crippen molar-refractivity contribution in [2.75, 3.05) is 0 Å². The van der Waals surface area contributed by atoms with E-state index < -0.39 is 0 Å². The lowest BCUT2D eigenvalue weighted by Crippen LogP contribution is -1.96. The SMILES string of the molecule is CCCCCCCCC(C)c1ccccn1. The predicted molar refractivity (Wildman–Crippen MR) is 70.6 cm³/mol. The number of aromatic nitrogens is 1. The van der Waals surface area contributed by atoms with Gasteiger partial charge in [-0.1, -0.05) is 58.4 Å². The Kier molecular flexibility index (Phi) is 6.87. The van der Waals surface area contributed by atoms with E-state index in [0.717, 1.165) is 0 Å². The van der Waals surface area contributed by atoms with Gasteiger partial charge in [0.2, 0.25) is 0 Å². The Morgan fingerprint density at radius 2 is 1.81 bits per heavy atom. The molecule has 0 N–H and O–H groups in total. The largest absolute Gasteiger partial charge is 0.261 e. The van der Waals surface area contributed by atoms with Crippen molar-refractivity contribution < 1.29 is 0 Å². The minimum absolute atomic E-state index is 0.618. The molecule has 0 saturated heterocycles. The monoisotopic (exact) mass is 219 g/mol. The first-order valence-corrected chi connectivity index (χ1v) is 6.75. The van der Waals surface area contributed by atoms with E-state index in [1.165, 1.54) is 50.6 Å². The summed E-state index contributed by atoms with van der Waals surface area (Å²) < 4.78 is 0. The van der Waals surface area contributed by atoms with Crippen molar-refractivity contribution in [2.45, 2.75) is 64.7 Å². The van der Waals surface area contributed by atoms with Crippen molar-refractivity contribution >= 4 is 0 Å². The standard InChI is InChI=1S/C15H25N/c1-3-4-5-6-7-8-11-14(2)15-12-9-10-13-16-15/h9-10,12-14H,3-8,11H2,1-2H3. The third-order valence-corrected chi connectivity index (χ3v) is 3.18. The van der Waals surface area contributed by atoms with Crippen molar-refractivity contribution in [3.05, 3.63) is 30.1 Å². The van der Waals surface area contributed by atoms with E-state index in [1.54, 1.807) is 0 Å². The maximum Gasteiger partial charge on any atom is 0.0431 e. The molecule has 1 atom stereocenters. The van der Waals surface area contributed by atoms with Gasteiger partial charge in [0.1, 0.15) is 0 Å². The Balaban J connectivity index is 2.09. The Morgan fingerprint density at radius 1 is 1.06 bits per heavy atom. The first kappa shape index (κ1) is 13.2. The first-order chi connectivity index (χ1) is 7.84. The summed E-state index contributed by atoms with van der Waals surface area (Å²) in [6.45, 7) is 4.55. The third kappa shape index (κ3) is 5.29. The Morgan fingerprint density at radius 3 is 2.50 bits per heavy atom. The maximum absolute atomic E-state index is 4.41. The van der Waals surface area contributed by atoms with Crippen molar-refractivity contribution in [2.24, 2.45) is 0 Å². The second-order valence-electron chi connectivity index (χ2n) is 4.71. The molecule has 1 nitrogen and oxygen atoms in total. The van der Waals surface area contributed by atoms with Gasteiger partial charge in [0.05, 0.1) is 0 Å². The van der Waals surface area contributed by atoms with Crippen LogP contribution in [0.1, 0.15) is 70.4 Å². The van der Waals surface area contributed by atoms with Crippen LogP contribution in [-0.4, -0.2) is 4.98 Å². The topological polar surface area (TPSA) is 12.9 Å². The average molecular weight is 219 g/mol. The molecule has 90 valence electrons. The highest BCUT2D eigenvalue weighted by molar-refractivity contribution is 5.07. The van der Waals surface area contributed by atoms with Gasteiger partial charge < -0.3 is 0 Å². The van der Waals surface area contributed by atoms with Gasteiger partial charge in [-0.05, 0) is 24.5 Å². The minimum Gasteiger partial charge on any atom is -0.261 e. The molecule has 1 unspecified atom stereocenters. The lowest BCUT2D eigenvalue weighted by Gasteiger charge is -2.10. The van der Waals surface area contributed by atoms with Gasteiger partial charge in [-0.25, -0.2) is 0 Å². The second-order valence-corrected chi connectivity index (χ2v) is 4.71. The predicted octanol–water partition coefficient (Wildman–Crippen LogP) is 4.94. The van der Waals surface area contributed by atoms with Crippen molar-refractivity contribution in [1.82, 2.24) is 4.98 Å². The fourth-order valence-corrected chi connectivity index (χ4v) is 2.05. The molecule has 0 saturated carbocycles.